The Labute approximate surface area is 212 Å². The highest BCUT2D eigenvalue weighted by molar-refractivity contribution is 6.30. The monoisotopic (exact) mass is 485 g/mol. The van der Waals surface area contributed by atoms with Gasteiger partial charge in [-0.2, -0.15) is 0 Å². The number of benzene rings is 3. The summed E-state index contributed by atoms with van der Waals surface area (Å²) in [5.74, 6) is 0.224. The fraction of sp³-hybridized carbons (Fsp3) is 0.300. The normalized spacial score (nSPS) is 14.9. The number of rotatable bonds is 7. The lowest BCUT2D eigenvalue weighted by atomic mass is 9.95. The number of hydrogen-bond donors (Lipinski definition) is 1. The number of likely N-dealkylation sites (tertiary alicyclic amines) is 1. The molecule has 0 aliphatic carbocycles. The molecular formula is C30H32ClN3O. The van der Waals surface area contributed by atoms with Crippen molar-refractivity contribution in [3.8, 4) is 0 Å². The zero-order valence-corrected chi connectivity index (χ0v) is 21.0. The van der Waals surface area contributed by atoms with Gasteiger partial charge in [0, 0.05) is 41.8 Å². The number of nitrogens with one attached hydrogen (secondary N) is 1. The van der Waals surface area contributed by atoms with Gasteiger partial charge in [-0.3, -0.25) is 9.69 Å². The van der Waals surface area contributed by atoms with Crippen LogP contribution in [0, 0.1) is 12.8 Å². The molecule has 1 fully saturated rings. The number of nitrogens with zero attached hydrogens (tertiary/aromatic N) is 2. The summed E-state index contributed by atoms with van der Waals surface area (Å²) >= 11 is 6.06. The Hall–Kier alpha value is -3.08. The minimum absolute atomic E-state index is 0.0725. The van der Waals surface area contributed by atoms with Crippen LogP contribution in [0.2, 0.25) is 5.02 Å². The smallest absolute Gasteiger partial charge is 0.223 e. The van der Waals surface area contributed by atoms with Crippen molar-refractivity contribution < 1.29 is 4.79 Å². The zero-order valence-electron chi connectivity index (χ0n) is 20.2. The molecule has 1 N–H and O–H groups in total. The number of aromatic nitrogens is 1. The first-order valence-corrected chi connectivity index (χ1v) is 12.8. The molecule has 1 aromatic heterocycles. The molecule has 2 heterocycles. The van der Waals surface area contributed by atoms with E-state index in [1.807, 2.05) is 24.3 Å². The van der Waals surface area contributed by atoms with Crippen LogP contribution in [0.25, 0.3) is 10.9 Å². The predicted octanol–water partition coefficient (Wildman–Crippen LogP) is 6.18. The van der Waals surface area contributed by atoms with Gasteiger partial charge in [0.15, 0.2) is 0 Å². The Morgan fingerprint density at radius 3 is 2.51 bits per heavy atom. The van der Waals surface area contributed by atoms with Crippen molar-refractivity contribution in [3.63, 3.8) is 0 Å². The Balaban J connectivity index is 1.23. The van der Waals surface area contributed by atoms with Crippen LogP contribution < -0.4 is 5.32 Å². The maximum atomic E-state index is 12.8. The van der Waals surface area contributed by atoms with Gasteiger partial charge in [0.25, 0.3) is 0 Å². The number of para-hydroxylation sites is 1. The first-order valence-electron chi connectivity index (χ1n) is 12.4. The van der Waals surface area contributed by atoms with Gasteiger partial charge in [0.1, 0.15) is 0 Å². The molecule has 1 aliphatic rings. The van der Waals surface area contributed by atoms with E-state index >= 15 is 0 Å². The van der Waals surface area contributed by atoms with E-state index in [0.29, 0.717) is 11.6 Å². The van der Waals surface area contributed by atoms with Crippen LogP contribution in [0.5, 0.6) is 0 Å². The molecule has 1 amide bonds. The van der Waals surface area contributed by atoms with Crippen molar-refractivity contribution in [2.24, 2.45) is 5.92 Å². The molecule has 0 bridgehead atoms. The lowest BCUT2D eigenvalue weighted by Gasteiger charge is -2.31. The molecule has 180 valence electrons. The second-order valence-corrected chi connectivity index (χ2v) is 10.0. The van der Waals surface area contributed by atoms with Crippen molar-refractivity contribution in [1.82, 2.24) is 14.8 Å². The molecule has 0 spiro atoms. The average molecular weight is 486 g/mol. The minimum Gasteiger partial charge on any atom is -0.352 e. The van der Waals surface area contributed by atoms with E-state index in [0.717, 1.165) is 44.6 Å². The lowest BCUT2D eigenvalue weighted by molar-refractivity contribution is -0.126. The number of carbonyl (C=O) groups is 1. The quantitative estimate of drug-likeness (QED) is 0.339. The molecule has 3 aromatic carbocycles. The number of piperidine rings is 1. The van der Waals surface area contributed by atoms with E-state index in [4.69, 9.17) is 11.6 Å². The summed E-state index contributed by atoms with van der Waals surface area (Å²) in [6, 6.07) is 27.3. The van der Waals surface area contributed by atoms with Gasteiger partial charge < -0.3 is 9.88 Å². The Bertz CT molecular complexity index is 1320. The van der Waals surface area contributed by atoms with E-state index in [9.17, 15) is 4.79 Å². The van der Waals surface area contributed by atoms with Crippen molar-refractivity contribution in [1.29, 1.82) is 0 Å². The Morgan fingerprint density at radius 2 is 1.71 bits per heavy atom. The van der Waals surface area contributed by atoms with Crippen LogP contribution in [0.4, 0.5) is 0 Å². The summed E-state index contributed by atoms with van der Waals surface area (Å²) < 4.78 is 2.46. The number of halogens is 1. The molecule has 4 aromatic rings. The maximum Gasteiger partial charge on any atom is 0.223 e. The van der Waals surface area contributed by atoms with Crippen molar-refractivity contribution in [2.45, 2.75) is 39.4 Å². The van der Waals surface area contributed by atoms with Crippen LogP contribution in [0.3, 0.4) is 0 Å². The van der Waals surface area contributed by atoms with E-state index in [1.54, 1.807) is 0 Å². The topological polar surface area (TPSA) is 37.3 Å². The van der Waals surface area contributed by atoms with Crippen molar-refractivity contribution in [2.75, 3.05) is 13.1 Å². The highest BCUT2D eigenvalue weighted by Crippen LogP contribution is 2.26. The molecule has 5 heteroatoms. The average Bonchev–Trinajstić information content (AvgIpc) is 3.21. The van der Waals surface area contributed by atoms with Gasteiger partial charge in [-0.05, 0) is 79.2 Å². The molecule has 0 radical (unpaired) electrons. The molecular weight excluding hydrogens is 454 g/mol. The predicted molar refractivity (Wildman–Crippen MR) is 144 cm³/mol. The van der Waals surface area contributed by atoms with E-state index in [-0.39, 0.29) is 11.8 Å². The van der Waals surface area contributed by atoms with E-state index < -0.39 is 0 Å². The van der Waals surface area contributed by atoms with Crippen LogP contribution in [-0.2, 0) is 24.4 Å². The number of carbonyl (C=O) groups excluding carboxylic acids is 1. The summed E-state index contributed by atoms with van der Waals surface area (Å²) in [6.45, 7) is 6.35. The second-order valence-electron chi connectivity index (χ2n) is 9.61. The van der Waals surface area contributed by atoms with Gasteiger partial charge in [-0.15, -0.1) is 0 Å². The largest absolute Gasteiger partial charge is 0.352 e. The first-order chi connectivity index (χ1) is 17.1. The summed E-state index contributed by atoms with van der Waals surface area (Å²) in [4.78, 5) is 15.3. The molecule has 35 heavy (non-hydrogen) atoms. The van der Waals surface area contributed by atoms with Gasteiger partial charge in [0.2, 0.25) is 5.91 Å². The third kappa shape index (κ3) is 5.61. The summed E-state index contributed by atoms with van der Waals surface area (Å²) in [5.41, 5.74) is 6.31. The third-order valence-electron chi connectivity index (χ3n) is 7.19. The van der Waals surface area contributed by atoms with Crippen molar-refractivity contribution >= 4 is 28.4 Å². The van der Waals surface area contributed by atoms with Crippen LogP contribution in [0.1, 0.15) is 35.2 Å². The highest BCUT2D eigenvalue weighted by atomic mass is 35.5. The molecule has 0 atom stereocenters. The fourth-order valence-corrected chi connectivity index (χ4v) is 5.32. The van der Waals surface area contributed by atoms with Crippen LogP contribution in [0.15, 0.2) is 78.9 Å². The summed E-state index contributed by atoms with van der Waals surface area (Å²) in [7, 11) is 0. The van der Waals surface area contributed by atoms with Gasteiger partial charge in [-0.25, -0.2) is 0 Å². The molecule has 1 aliphatic heterocycles. The third-order valence-corrected chi connectivity index (χ3v) is 7.42. The Morgan fingerprint density at radius 1 is 0.943 bits per heavy atom. The fourth-order valence-electron chi connectivity index (χ4n) is 5.11. The molecule has 1 saturated heterocycles. The van der Waals surface area contributed by atoms with E-state index in [1.165, 1.54) is 27.7 Å². The lowest BCUT2D eigenvalue weighted by Crippen LogP contribution is -2.40. The van der Waals surface area contributed by atoms with Gasteiger partial charge in [-0.1, -0.05) is 66.2 Å². The SMILES string of the molecule is Cc1ccccc1Cn1c(CN2CCC(C(=O)NCc3cccc(Cl)c3)CC2)cc2ccccc21. The van der Waals surface area contributed by atoms with Gasteiger partial charge >= 0.3 is 0 Å². The van der Waals surface area contributed by atoms with Gasteiger partial charge in [0.05, 0.1) is 0 Å². The molecule has 0 saturated carbocycles. The second kappa shape index (κ2) is 10.7. The standard InChI is InChI=1S/C30H32ClN3O/c1-22-7-2-3-10-26(22)20-34-28(18-25-9-4-5-12-29(25)34)21-33-15-13-24(14-16-33)30(35)32-19-23-8-6-11-27(31)17-23/h2-12,17-18,24H,13-16,19-21H2,1H3,(H,32,35). The molecule has 0 unspecified atom stereocenters. The minimum atomic E-state index is 0.0725. The van der Waals surface area contributed by atoms with Crippen LogP contribution >= 0.6 is 11.6 Å². The summed E-state index contributed by atoms with van der Waals surface area (Å²) in [5, 5.41) is 5.08. The number of amides is 1. The number of fused-ring (bicyclic) bond motifs is 1. The zero-order chi connectivity index (χ0) is 24.2. The van der Waals surface area contributed by atoms with Crippen LogP contribution in [-0.4, -0.2) is 28.5 Å². The Kier molecular flexibility index (Phi) is 7.21. The van der Waals surface area contributed by atoms with Crippen molar-refractivity contribution in [3.05, 3.63) is 106 Å². The number of aryl methyl sites for hydroxylation is 1. The first kappa shape index (κ1) is 23.7. The molecule has 4 nitrogen and oxygen atoms in total. The molecule has 5 rings (SSSR count). The van der Waals surface area contributed by atoms with E-state index in [2.05, 4.69) is 76.3 Å². The number of hydrogen-bond acceptors (Lipinski definition) is 2. The summed E-state index contributed by atoms with van der Waals surface area (Å²) in [6.07, 6.45) is 1.78. The highest BCUT2D eigenvalue weighted by Gasteiger charge is 2.25. The maximum absolute atomic E-state index is 12.8.